The first-order chi connectivity index (χ1) is 13.6. The molecule has 1 saturated heterocycles. The van der Waals surface area contributed by atoms with Crippen LogP contribution in [0.15, 0.2) is 12.1 Å². The molecule has 7 nitrogen and oxygen atoms in total. The Labute approximate surface area is 171 Å². The van der Waals surface area contributed by atoms with Crippen LogP contribution in [0.4, 0.5) is 0 Å². The zero-order valence-corrected chi connectivity index (χ0v) is 17.6. The Morgan fingerprint density at radius 2 is 1.76 bits per heavy atom. The fourth-order valence-corrected chi connectivity index (χ4v) is 4.49. The van der Waals surface area contributed by atoms with Gasteiger partial charge in [-0.2, -0.15) is 0 Å². The van der Waals surface area contributed by atoms with Gasteiger partial charge in [-0.25, -0.2) is 4.79 Å². The van der Waals surface area contributed by atoms with Gasteiger partial charge >= 0.3 is 5.97 Å². The third kappa shape index (κ3) is 4.47. The maximum absolute atomic E-state index is 12.8. The lowest BCUT2D eigenvalue weighted by Gasteiger charge is -2.41. The molecule has 1 saturated carbocycles. The van der Waals surface area contributed by atoms with E-state index >= 15 is 0 Å². The minimum absolute atomic E-state index is 0.148. The number of rotatable bonds is 5. The van der Waals surface area contributed by atoms with Crippen LogP contribution in [0, 0.1) is 20.8 Å². The standard InChI is InChI=1S/C22H31NO6/c1-13-9-14(2)17(15(3)10-13)11-19(25)23-21(20(26)27)5-7-22(8-6-21)28-12-18(29-22)16(4)24/h9-10,16,18,24H,5-8,11-12H2,1-4H3,(H,23,25)(H,26,27). The highest BCUT2D eigenvalue weighted by molar-refractivity contribution is 5.88. The SMILES string of the molecule is Cc1cc(C)c(CC(=O)NC2(C(=O)O)CCC3(CC2)OCC(C(C)O)O3)c(C)c1. The molecule has 3 N–H and O–H groups in total. The Balaban J connectivity index is 1.68. The van der Waals surface area contributed by atoms with Crippen molar-refractivity contribution in [3.8, 4) is 0 Å². The summed E-state index contributed by atoms with van der Waals surface area (Å²) >= 11 is 0. The monoisotopic (exact) mass is 405 g/mol. The number of aliphatic hydroxyl groups excluding tert-OH is 1. The number of carbonyl (C=O) groups excluding carboxylic acids is 1. The smallest absolute Gasteiger partial charge is 0.329 e. The lowest BCUT2D eigenvalue weighted by molar-refractivity contribution is -0.205. The van der Waals surface area contributed by atoms with Gasteiger partial charge in [-0.1, -0.05) is 17.7 Å². The number of hydrogen-bond donors (Lipinski definition) is 3. The van der Waals surface area contributed by atoms with E-state index in [-0.39, 0.29) is 31.8 Å². The first kappa shape index (κ1) is 21.7. The minimum atomic E-state index is -1.33. The molecule has 1 heterocycles. The Bertz CT molecular complexity index is 771. The molecule has 29 heavy (non-hydrogen) atoms. The van der Waals surface area contributed by atoms with Crippen molar-refractivity contribution in [1.82, 2.24) is 5.32 Å². The van der Waals surface area contributed by atoms with Crippen molar-refractivity contribution in [3.63, 3.8) is 0 Å². The van der Waals surface area contributed by atoms with Crippen LogP contribution < -0.4 is 5.32 Å². The molecule has 2 atom stereocenters. The predicted molar refractivity (Wildman–Crippen MR) is 107 cm³/mol. The molecular weight excluding hydrogens is 374 g/mol. The van der Waals surface area contributed by atoms with Crippen molar-refractivity contribution in [3.05, 3.63) is 34.4 Å². The number of benzene rings is 1. The first-order valence-electron chi connectivity index (χ1n) is 10.2. The topological polar surface area (TPSA) is 105 Å². The number of carbonyl (C=O) groups is 2. The molecule has 2 unspecified atom stereocenters. The largest absolute Gasteiger partial charge is 0.480 e. The minimum Gasteiger partial charge on any atom is -0.480 e. The van der Waals surface area contributed by atoms with Gasteiger partial charge in [0.25, 0.3) is 0 Å². The lowest BCUT2D eigenvalue weighted by Crippen LogP contribution is -2.59. The number of ether oxygens (including phenoxy) is 2. The Morgan fingerprint density at radius 3 is 2.24 bits per heavy atom. The van der Waals surface area contributed by atoms with Crippen LogP contribution in [0.25, 0.3) is 0 Å². The van der Waals surface area contributed by atoms with Crippen LogP contribution in [-0.2, 0) is 25.5 Å². The van der Waals surface area contributed by atoms with E-state index in [1.165, 1.54) is 0 Å². The van der Waals surface area contributed by atoms with E-state index in [1.54, 1.807) is 6.92 Å². The van der Waals surface area contributed by atoms with Gasteiger partial charge in [-0.15, -0.1) is 0 Å². The number of aliphatic carboxylic acids is 1. The molecule has 160 valence electrons. The molecule has 0 bridgehead atoms. The molecule has 7 heteroatoms. The maximum atomic E-state index is 12.8. The predicted octanol–water partition coefficient (Wildman–Crippen LogP) is 2.16. The average Bonchev–Trinajstić information content (AvgIpc) is 3.05. The van der Waals surface area contributed by atoms with E-state index in [2.05, 4.69) is 5.32 Å². The second-order valence-electron chi connectivity index (χ2n) is 8.61. The van der Waals surface area contributed by atoms with Gasteiger partial charge in [0.15, 0.2) is 5.79 Å². The molecule has 2 fully saturated rings. The maximum Gasteiger partial charge on any atom is 0.329 e. The van der Waals surface area contributed by atoms with Gasteiger partial charge in [-0.05, 0) is 57.2 Å². The molecule has 2 aliphatic rings. The molecule has 3 rings (SSSR count). The van der Waals surface area contributed by atoms with E-state index in [9.17, 15) is 19.8 Å². The molecule has 1 aliphatic heterocycles. The molecule has 1 aromatic rings. The summed E-state index contributed by atoms with van der Waals surface area (Å²) in [5.41, 5.74) is 2.80. The third-order valence-corrected chi connectivity index (χ3v) is 6.25. The number of amides is 1. The quantitative estimate of drug-likeness (QED) is 0.693. The first-order valence-corrected chi connectivity index (χ1v) is 10.2. The van der Waals surface area contributed by atoms with E-state index < -0.39 is 29.5 Å². The van der Waals surface area contributed by atoms with Gasteiger partial charge < -0.3 is 25.0 Å². The summed E-state index contributed by atoms with van der Waals surface area (Å²) in [6.07, 6.45) is 0.223. The van der Waals surface area contributed by atoms with Crippen LogP contribution in [0.3, 0.4) is 0 Å². The molecule has 1 amide bonds. The zero-order valence-electron chi connectivity index (χ0n) is 17.6. The number of carboxylic acids is 1. The highest BCUT2D eigenvalue weighted by atomic mass is 16.7. The second-order valence-corrected chi connectivity index (χ2v) is 8.61. The highest BCUT2D eigenvalue weighted by Crippen LogP contribution is 2.42. The molecule has 1 aliphatic carbocycles. The van der Waals surface area contributed by atoms with Gasteiger partial charge in [-0.3, -0.25) is 4.79 Å². The van der Waals surface area contributed by atoms with Crippen molar-refractivity contribution in [2.24, 2.45) is 0 Å². The van der Waals surface area contributed by atoms with E-state index in [0.29, 0.717) is 12.8 Å². The summed E-state index contributed by atoms with van der Waals surface area (Å²) in [4.78, 5) is 24.8. The van der Waals surface area contributed by atoms with Crippen LogP contribution in [0.2, 0.25) is 0 Å². The van der Waals surface area contributed by atoms with E-state index in [0.717, 1.165) is 22.3 Å². The van der Waals surface area contributed by atoms with Crippen LogP contribution in [0.1, 0.15) is 54.9 Å². The van der Waals surface area contributed by atoms with Crippen molar-refractivity contribution in [1.29, 1.82) is 0 Å². The van der Waals surface area contributed by atoms with Crippen molar-refractivity contribution < 1.29 is 29.3 Å². The normalized spacial score (nSPS) is 30.3. The second kappa shape index (κ2) is 8.05. The van der Waals surface area contributed by atoms with Gasteiger partial charge in [0.2, 0.25) is 5.91 Å². The summed E-state index contributed by atoms with van der Waals surface area (Å²) in [5.74, 6) is -2.20. The Morgan fingerprint density at radius 1 is 1.17 bits per heavy atom. The van der Waals surface area contributed by atoms with Crippen molar-refractivity contribution >= 4 is 11.9 Å². The summed E-state index contributed by atoms with van der Waals surface area (Å²) in [7, 11) is 0. The molecule has 0 radical (unpaired) electrons. The average molecular weight is 405 g/mol. The fraction of sp³-hybridized carbons (Fsp3) is 0.636. The van der Waals surface area contributed by atoms with E-state index in [1.807, 2.05) is 32.9 Å². The number of carboxylic acid groups (broad SMARTS) is 1. The van der Waals surface area contributed by atoms with Gasteiger partial charge in [0.05, 0.1) is 19.1 Å². The van der Waals surface area contributed by atoms with Crippen LogP contribution >= 0.6 is 0 Å². The Kier molecular flexibility index (Phi) is 6.03. The Hall–Kier alpha value is -1.96. The zero-order chi connectivity index (χ0) is 21.4. The van der Waals surface area contributed by atoms with Gasteiger partial charge in [0.1, 0.15) is 11.6 Å². The number of nitrogens with one attached hydrogen (secondary N) is 1. The fourth-order valence-electron chi connectivity index (χ4n) is 4.49. The summed E-state index contributed by atoms with van der Waals surface area (Å²) in [6.45, 7) is 7.87. The highest BCUT2D eigenvalue weighted by Gasteiger charge is 2.52. The van der Waals surface area contributed by atoms with Crippen molar-refractivity contribution in [2.45, 2.75) is 83.3 Å². The number of aryl methyl sites for hydroxylation is 3. The van der Waals surface area contributed by atoms with Crippen LogP contribution in [0.5, 0.6) is 0 Å². The molecule has 1 spiro atoms. The van der Waals surface area contributed by atoms with E-state index in [4.69, 9.17) is 9.47 Å². The molecule has 1 aromatic carbocycles. The number of aliphatic hydroxyl groups is 1. The third-order valence-electron chi connectivity index (χ3n) is 6.25. The summed E-state index contributed by atoms with van der Waals surface area (Å²) in [5, 5.41) is 22.4. The lowest BCUT2D eigenvalue weighted by atomic mass is 9.78. The number of hydrogen-bond acceptors (Lipinski definition) is 5. The van der Waals surface area contributed by atoms with Crippen LogP contribution in [-0.4, -0.2) is 52.2 Å². The van der Waals surface area contributed by atoms with Crippen molar-refractivity contribution in [2.75, 3.05) is 6.61 Å². The summed E-state index contributed by atoms with van der Waals surface area (Å²) in [6, 6.07) is 4.06. The van der Waals surface area contributed by atoms with Gasteiger partial charge in [0, 0.05) is 12.8 Å². The molecular formula is C22H31NO6. The summed E-state index contributed by atoms with van der Waals surface area (Å²) < 4.78 is 11.7. The molecule has 0 aromatic heterocycles.